The lowest BCUT2D eigenvalue weighted by molar-refractivity contribution is 0.784. The van der Waals surface area contributed by atoms with Gasteiger partial charge >= 0.3 is 0 Å². The summed E-state index contributed by atoms with van der Waals surface area (Å²) in [4.78, 5) is 0. The molecule has 0 amide bonds. The van der Waals surface area contributed by atoms with Crippen molar-refractivity contribution in [3.8, 4) is 6.07 Å². The molecule has 2 unspecified atom stereocenters. The van der Waals surface area contributed by atoms with Crippen molar-refractivity contribution >= 4 is 21.4 Å². The van der Waals surface area contributed by atoms with Crippen LogP contribution in [0, 0.1) is 16.7 Å². The first kappa shape index (κ1) is 13.7. The van der Waals surface area contributed by atoms with Gasteiger partial charge in [-0.05, 0) is 24.3 Å². The van der Waals surface area contributed by atoms with Gasteiger partial charge in [0.05, 0.1) is 11.5 Å². The van der Waals surface area contributed by atoms with Gasteiger partial charge in [0.2, 0.25) is 0 Å². The summed E-state index contributed by atoms with van der Waals surface area (Å²) < 4.78 is 2.14. The Hall–Kier alpha value is -1.32. The molecule has 0 fully saturated rings. The molecule has 0 saturated carbocycles. The smallest absolute Gasteiger partial charge is 0.0918 e. The first-order valence-electron chi connectivity index (χ1n) is 5.87. The molecule has 0 saturated heterocycles. The van der Waals surface area contributed by atoms with Crippen molar-refractivity contribution in [2.75, 3.05) is 0 Å². The monoisotopic (exact) mass is 246 g/mol. The van der Waals surface area contributed by atoms with Gasteiger partial charge in [0.15, 0.2) is 0 Å². The molecule has 2 nitrogen and oxygen atoms in total. The van der Waals surface area contributed by atoms with E-state index in [1.807, 2.05) is 45.2 Å². The lowest BCUT2D eigenvalue weighted by atomic mass is 9.92. The number of fused-ring (bicyclic) bond motifs is 1. The van der Waals surface area contributed by atoms with Crippen molar-refractivity contribution in [1.82, 2.24) is 4.57 Å². The van der Waals surface area contributed by atoms with Crippen LogP contribution in [0.25, 0.3) is 12.2 Å². The Morgan fingerprint density at radius 3 is 2.76 bits per heavy atom. The second-order valence-corrected chi connectivity index (χ2v) is 4.24. The van der Waals surface area contributed by atoms with Crippen molar-refractivity contribution in [2.45, 2.75) is 27.1 Å². The second-order valence-electron chi connectivity index (χ2n) is 3.87. The largest absolute Gasteiger partial charge is 0.344 e. The Kier molecular flexibility index (Phi) is 4.73. The Balaban J connectivity index is 0.000000686. The number of aromatic nitrogens is 1. The van der Waals surface area contributed by atoms with E-state index in [0.29, 0.717) is 0 Å². The Morgan fingerprint density at radius 2 is 2.18 bits per heavy atom. The second kappa shape index (κ2) is 5.84. The van der Waals surface area contributed by atoms with Gasteiger partial charge in [0, 0.05) is 17.8 Å². The maximum absolute atomic E-state index is 9.11. The van der Waals surface area contributed by atoms with Crippen molar-refractivity contribution in [2.24, 2.45) is 5.41 Å². The maximum Gasteiger partial charge on any atom is 0.0918 e. The molecule has 0 spiro atoms. The minimum Gasteiger partial charge on any atom is -0.344 e. The molecule has 0 aromatic carbocycles. The number of allylic oxidation sites excluding steroid dienone is 2. The molecular formula is C14H19N2P. The van der Waals surface area contributed by atoms with Gasteiger partial charge in [0.25, 0.3) is 0 Å². The minimum atomic E-state index is -0.491. The van der Waals surface area contributed by atoms with Crippen LogP contribution >= 0.6 is 9.24 Å². The molecule has 0 bridgehead atoms. The molecule has 1 aliphatic carbocycles. The van der Waals surface area contributed by atoms with E-state index in [-0.39, 0.29) is 0 Å². The summed E-state index contributed by atoms with van der Waals surface area (Å²) in [5.74, 6) is 0. The average molecular weight is 246 g/mol. The third kappa shape index (κ3) is 2.87. The number of nitriles is 1. The van der Waals surface area contributed by atoms with Crippen molar-refractivity contribution in [3.05, 3.63) is 35.0 Å². The van der Waals surface area contributed by atoms with Gasteiger partial charge in [-0.1, -0.05) is 32.1 Å². The molecule has 0 aliphatic heterocycles. The molecular weight excluding hydrogens is 227 g/mol. The topological polar surface area (TPSA) is 28.7 Å². The summed E-state index contributed by atoms with van der Waals surface area (Å²) in [6, 6.07) is 4.37. The molecule has 3 heteroatoms. The highest BCUT2D eigenvalue weighted by Gasteiger charge is 2.17. The van der Waals surface area contributed by atoms with Crippen molar-refractivity contribution in [1.29, 1.82) is 5.26 Å². The van der Waals surface area contributed by atoms with Gasteiger partial charge in [-0.2, -0.15) is 5.26 Å². The average Bonchev–Trinajstić information content (AvgIpc) is 2.65. The van der Waals surface area contributed by atoms with Gasteiger partial charge in [-0.15, -0.1) is 9.24 Å². The lowest BCUT2D eigenvalue weighted by Gasteiger charge is -2.08. The predicted molar refractivity (Wildman–Crippen MR) is 76.5 cm³/mol. The predicted octanol–water partition coefficient (Wildman–Crippen LogP) is 2.01. The van der Waals surface area contributed by atoms with E-state index in [2.05, 4.69) is 32.0 Å². The molecule has 1 aliphatic rings. The van der Waals surface area contributed by atoms with E-state index >= 15 is 0 Å². The van der Waals surface area contributed by atoms with Crippen LogP contribution in [-0.4, -0.2) is 4.57 Å². The summed E-state index contributed by atoms with van der Waals surface area (Å²) in [6.45, 7) is 5.92. The fourth-order valence-corrected chi connectivity index (χ4v) is 2.07. The van der Waals surface area contributed by atoms with E-state index in [4.69, 9.17) is 5.26 Å². The first-order valence-corrected chi connectivity index (χ1v) is 6.69. The molecule has 0 radical (unpaired) electrons. The summed E-state index contributed by atoms with van der Waals surface area (Å²) in [7, 11) is 2.70. The van der Waals surface area contributed by atoms with Crippen LogP contribution in [0.2, 0.25) is 0 Å². The molecule has 2 atom stereocenters. The van der Waals surface area contributed by atoms with Crippen molar-refractivity contribution < 1.29 is 0 Å². The lowest BCUT2D eigenvalue weighted by Crippen LogP contribution is -2.28. The number of rotatable bonds is 1. The van der Waals surface area contributed by atoms with Gasteiger partial charge in [-0.25, -0.2) is 0 Å². The van der Waals surface area contributed by atoms with Crippen LogP contribution < -0.4 is 10.6 Å². The Labute approximate surface area is 105 Å². The number of hydrogen-bond donors (Lipinski definition) is 0. The molecule has 90 valence electrons. The maximum atomic E-state index is 9.11. The Bertz CT molecular complexity index is 560. The van der Waals surface area contributed by atoms with Crippen LogP contribution in [0.15, 0.2) is 24.4 Å². The fourth-order valence-electron chi connectivity index (χ4n) is 1.75. The van der Waals surface area contributed by atoms with E-state index in [1.165, 1.54) is 5.35 Å². The third-order valence-corrected chi connectivity index (χ3v) is 3.02. The summed E-state index contributed by atoms with van der Waals surface area (Å²) in [6.07, 6.45) is 10.9. The minimum absolute atomic E-state index is 0.491. The summed E-state index contributed by atoms with van der Waals surface area (Å²) >= 11 is 0. The SMILES string of the molecule is CC.CC1(C#N)C=CC=c2c(ccn2CP)=C1. The normalized spacial score (nSPS) is 20.9. The van der Waals surface area contributed by atoms with Crippen molar-refractivity contribution in [3.63, 3.8) is 0 Å². The van der Waals surface area contributed by atoms with Gasteiger partial charge < -0.3 is 4.57 Å². The highest BCUT2D eigenvalue weighted by molar-refractivity contribution is 7.15. The highest BCUT2D eigenvalue weighted by Crippen LogP contribution is 2.19. The van der Waals surface area contributed by atoms with E-state index in [9.17, 15) is 0 Å². The van der Waals surface area contributed by atoms with Crippen LogP contribution in [0.5, 0.6) is 0 Å². The zero-order chi connectivity index (χ0) is 12.9. The zero-order valence-electron chi connectivity index (χ0n) is 10.6. The van der Waals surface area contributed by atoms with Crippen LogP contribution in [0.3, 0.4) is 0 Å². The quantitative estimate of drug-likeness (QED) is 0.697. The van der Waals surface area contributed by atoms with Gasteiger partial charge in [0.1, 0.15) is 0 Å². The van der Waals surface area contributed by atoms with Crippen LogP contribution in [-0.2, 0) is 6.29 Å². The Morgan fingerprint density at radius 1 is 1.47 bits per heavy atom. The molecule has 1 heterocycles. The highest BCUT2D eigenvalue weighted by atomic mass is 31.0. The molecule has 0 N–H and O–H groups in total. The van der Waals surface area contributed by atoms with Crippen LogP contribution in [0.1, 0.15) is 20.8 Å². The van der Waals surface area contributed by atoms with E-state index < -0.39 is 5.41 Å². The molecule has 1 aromatic rings. The van der Waals surface area contributed by atoms with Crippen LogP contribution in [0.4, 0.5) is 0 Å². The standard InChI is InChI=1S/C12H13N2P.C2H6/c1-12(8-13)5-2-3-11-10(7-12)4-6-14(11)9-15;1-2/h2-7H,9,15H2,1H3;1-2H3. The summed E-state index contributed by atoms with van der Waals surface area (Å²) in [5.41, 5.74) is -0.491. The third-order valence-electron chi connectivity index (χ3n) is 2.63. The summed E-state index contributed by atoms with van der Waals surface area (Å²) in [5, 5.41) is 11.4. The molecule has 17 heavy (non-hydrogen) atoms. The fraction of sp³-hybridized carbons (Fsp3) is 0.357. The number of nitrogens with zero attached hydrogens (tertiary/aromatic N) is 2. The number of hydrogen-bond acceptors (Lipinski definition) is 1. The van der Waals surface area contributed by atoms with E-state index in [0.717, 1.165) is 11.5 Å². The van der Waals surface area contributed by atoms with Gasteiger partial charge in [-0.3, -0.25) is 0 Å². The zero-order valence-corrected chi connectivity index (χ0v) is 11.8. The molecule has 1 aromatic heterocycles. The molecule has 2 rings (SSSR count). The first-order chi connectivity index (χ1) is 8.18. The van der Waals surface area contributed by atoms with E-state index in [1.54, 1.807) is 0 Å².